The van der Waals surface area contributed by atoms with Gasteiger partial charge in [-0.25, -0.2) is 8.78 Å². The van der Waals surface area contributed by atoms with Crippen LogP contribution in [0.25, 0.3) is 0 Å². The minimum absolute atomic E-state index is 0.116. The first-order chi connectivity index (χ1) is 14.5. The van der Waals surface area contributed by atoms with E-state index < -0.39 is 35.5 Å². The number of nitrogens with zero attached hydrogens (tertiary/aromatic N) is 2. The largest absolute Gasteiger partial charge is 0.368 e. The lowest BCUT2D eigenvalue weighted by Crippen LogP contribution is -2.43. The van der Waals surface area contributed by atoms with E-state index >= 15 is 0 Å². The molecule has 0 aliphatic heterocycles. The van der Waals surface area contributed by atoms with Gasteiger partial charge in [0.2, 0.25) is 5.91 Å². The molecule has 0 saturated heterocycles. The molecule has 0 saturated carbocycles. The molecular weight excluding hydrogens is 388 g/mol. The summed E-state index contributed by atoms with van der Waals surface area (Å²) in [6, 6.07) is 13.7. The topological polar surface area (TPSA) is 76.3 Å². The Balaban J connectivity index is 1.88. The highest BCUT2D eigenvalue weighted by atomic mass is 19.1. The predicted octanol–water partition coefficient (Wildman–Crippen LogP) is 3.72. The molecule has 5 nitrogen and oxygen atoms in total. The number of carbonyl (C=O) groups is 2. The van der Waals surface area contributed by atoms with Crippen molar-refractivity contribution in [1.82, 2.24) is 9.88 Å². The second-order valence-electron chi connectivity index (χ2n) is 7.15. The maximum atomic E-state index is 14.3. The lowest BCUT2D eigenvalue weighted by Gasteiger charge is -2.35. The van der Waals surface area contributed by atoms with Gasteiger partial charge in [-0.3, -0.25) is 14.6 Å². The zero-order valence-electron chi connectivity index (χ0n) is 16.0. The summed E-state index contributed by atoms with van der Waals surface area (Å²) in [5.41, 5.74) is 7.05. The first kappa shape index (κ1) is 19.7. The second kappa shape index (κ2) is 8.02. The van der Waals surface area contributed by atoms with Gasteiger partial charge >= 0.3 is 0 Å². The summed E-state index contributed by atoms with van der Waals surface area (Å²) >= 11 is 0. The smallest absolute Gasteiger partial charge is 0.273 e. The quantitative estimate of drug-likeness (QED) is 0.700. The van der Waals surface area contributed by atoms with E-state index in [0.29, 0.717) is 29.5 Å². The van der Waals surface area contributed by atoms with E-state index in [1.807, 2.05) is 0 Å². The molecule has 0 radical (unpaired) electrons. The van der Waals surface area contributed by atoms with Crippen LogP contribution in [0, 0.1) is 11.6 Å². The number of rotatable bonds is 5. The minimum atomic E-state index is -1.12. The monoisotopic (exact) mass is 407 g/mol. The highest BCUT2D eigenvalue weighted by Crippen LogP contribution is 2.42. The molecule has 7 heteroatoms. The van der Waals surface area contributed by atoms with Gasteiger partial charge in [0.25, 0.3) is 5.91 Å². The zero-order chi connectivity index (χ0) is 21.3. The maximum Gasteiger partial charge on any atom is 0.273 e. The summed E-state index contributed by atoms with van der Waals surface area (Å²) in [5, 5.41) is 0. The molecule has 1 heterocycles. The third-order valence-corrected chi connectivity index (χ3v) is 5.34. The molecule has 30 heavy (non-hydrogen) atoms. The van der Waals surface area contributed by atoms with Crippen LogP contribution < -0.4 is 5.73 Å². The van der Waals surface area contributed by atoms with Crippen molar-refractivity contribution in [2.75, 3.05) is 0 Å². The van der Waals surface area contributed by atoms with Gasteiger partial charge in [-0.05, 0) is 47.7 Å². The van der Waals surface area contributed by atoms with Crippen molar-refractivity contribution in [2.24, 2.45) is 5.73 Å². The number of hydrogen-bond donors (Lipinski definition) is 1. The van der Waals surface area contributed by atoms with Crippen LogP contribution in [0.3, 0.4) is 0 Å². The first-order valence-electron chi connectivity index (χ1n) is 9.53. The lowest BCUT2D eigenvalue weighted by atomic mass is 9.98. The van der Waals surface area contributed by atoms with Gasteiger partial charge in [0.1, 0.15) is 23.4 Å². The van der Waals surface area contributed by atoms with Crippen LogP contribution in [-0.4, -0.2) is 21.7 Å². The Kier molecular flexibility index (Phi) is 5.27. The number of aromatic nitrogens is 1. The van der Waals surface area contributed by atoms with Crippen LogP contribution in [0.1, 0.15) is 45.7 Å². The van der Waals surface area contributed by atoms with Crippen LogP contribution >= 0.6 is 0 Å². The van der Waals surface area contributed by atoms with Gasteiger partial charge in [0, 0.05) is 12.3 Å². The van der Waals surface area contributed by atoms with Gasteiger partial charge in [0.15, 0.2) is 0 Å². The number of benzene rings is 2. The molecule has 0 spiro atoms. The van der Waals surface area contributed by atoms with Crippen molar-refractivity contribution in [3.05, 3.63) is 101 Å². The Morgan fingerprint density at radius 3 is 2.47 bits per heavy atom. The highest BCUT2D eigenvalue weighted by Gasteiger charge is 2.40. The normalized spacial score (nSPS) is 16.0. The zero-order valence-corrected chi connectivity index (χ0v) is 16.0. The van der Waals surface area contributed by atoms with Crippen LogP contribution in [0.15, 0.2) is 66.9 Å². The molecule has 2 atom stereocenters. The average molecular weight is 407 g/mol. The van der Waals surface area contributed by atoms with Crippen molar-refractivity contribution >= 4 is 11.8 Å². The molecule has 3 aromatic rings. The van der Waals surface area contributed by atoms with Crippen molar-refractivity contribution in [2.45, 2.75) is 24.9 Å². The Morgan fingerprint density at radius 1 is 1.07 bits per heavy atom. The van der Waals surface area contributed by atoms with E-state index in [-0.39, 0.29) is 5.69 Å². The average Bonchev–Trinajstić information content (AvgIpc) is 3.16. The number of hydrogen-bond acceptors (Lipinski definition) is 3. The molecule has 1 aliphatic carbocycles. The van der Waals surface area contributed by atoms with E-state index in [4.69, 9.17) is 5.73 Å². The SMILES string of the molecule is NC(=O)[C@@H](c1ccccc1)N(C(=O)c1ccccn1)[C@@H]1CCc2c(F)cc(F)cc21. The van der Waals surface area contributed by atoms with Gasteiger partial charge in [-0.2, -0.15) is 0 Å². The summed E-state index contributed by atoms with van der Waals surface area (Å²) in [4.78, 5) is 31.5. The standard InChI is InChI=1S/C23H19F2N3O2/c24-15-12-17-16(18(25)13-15)9-10-20(17)28(23(30)19-8-4-5-11-27-19)21(22(26)29)14-6-2-1-3-7-14/h1-8,11-13,20-21H,9-10H2,(H2,26,29)/t20-,21-/m1/s1. The van der Waals surface area contributed by atoms with Gasteiger partial charge in [-0.1, -0.05) is 36.4 Å². The molecule has 2 aromatic carbocycles. The first-order valence-corrected chi connectivity index (χ1v) is 9.53. The summed E-state index contributed by atoms with van der Waals surface area (Å²) in [6.45, 7) is 0. The number of fused-ring (bicyclic) bond motifs is 1. The van der Waals surface area contributed by atoms with Crippen molar-refractivity contribution < 1.29 is 18.4 Å². The van der Waals surface area contributed by atoms with Gasteiger partial charge in [-0.15, -0.1) is 0 Å². The molecule has 0 bridgehead atoms. The number of amides is 2. The Hall–Kier alpha value is -3.61. The van der Waals surface area contributed by atoms with E-state index in [2.05, 4.69) is 4.98 Å². The van der Waals surface area contributed by atoms with E-state index in [9.17, 15) is 18.4 Å². The summed E-state index contributed by atoms with van der Waals surface area (Å²) in [7, 11) is 0. The number of primary amides is 1. The van der Waals surface area contributed by atoms with E-state index in [0.717, 1.165) is 6.07 Å². The van der Waals surface area contributed by atoms with Crippen LogP contribution in [0.5, 0.6) is 0 Å². The molecular formula is C23H19F2N3O2. The predicted molar refractivity (Wildman–Crippen MR) is 106 cm³/mol. The third kappa shape index (κ3) is 3.54. The van der Waals surface area contributed by atoms with Gasteiger partial charge in [0.05, 0.1) is 6.04 Å². The van der Waals surface area contributed by atoms with Crippen LogP contribution in [-0.2, 0) is 11.2 Å². The van der Waals surface area contributed by atoms with Crippen LogP contribution in [0.4, 0.5) is 8.78 Å². The molecule has 0 unspecified atom stereocenters. The third-order valence-electron chi connectivity index (χ3n) is 5.34. The minimum Gasteiger partial charge on any atom is -0.368 e. The van der Waals surface area contributed by atoms with Gasteiger partial charge < -0.3 is 10.6 Å². The lowest BCUT2D eigenvalue weighted by molar-refractivity contribution is -0.123. The summed E-state index contributed by atoms with van der Waals surface area (Å²) in [6.07, 6.45) is 2.12. The Bertz CT molecular complexity index is 1090. The molecule has 1 aliphatic rings. The summed E-state index contributed by atoms with van der Waals surface area (Å²) < 4.78 is 28.4. The molecule has 0 fully saturated rings. The maximum absolute atomic E-state index is 14.3. The number of halogens is 2. The van der Waals surface area contributed by atoms with Crippen molar-refractivity contribution in [3.63, 3.8) is 0 Å². The molecule has 4 rings (SSSR count). The fourth-order valence-electron chi connectivity index (χ4n) is 4.07. The fraction of sp³-hybridized carbons (Fsp3) is 0.174. The van der Waals surface area contributed by atoms with Crippen LogP contribution in [0.2, 0.25) is 0 Å². The van der Waals surface area contributed by atoms with Crippen molar-refractivity contribution in [1.29, 1.82) is 0 Å². The Labute approximate surface area is 172 Å². The molecule has 1 aromatic heterocycles. The number of pyridine rings is 1. The molecule has 2 amide bonds. The molecule has 152 valence electrons. The fourth-order valence-corrected chi connectivity index (χ4v) is 4.07. The molecule has 2 N–H and O–H groups in total. The Morgan fingerprint density at radius 2 is 1.80 bits per heavy atom. The second-order valence-corrected chi connectivity index (χ2v) is 7.15. The van der Waals surface area contributed by atoms with Crippen molar-refractivity contribution in [3.8, 4) is 0 Å². The number of nitrogens with two attached hydrogens (primary N) is 1. The van der Waals surface area contributed by atoms with E-state index in [1.165, 1.54) is 23.2 Å². The number of carbonyl (C=O) groups excluding carboxylic acids is 2. The summed E-state index contributed by atoms with van der Waals surface area (Å²) in [5.74, 6) is -2.67. The highest BCUT2D eigenvalue weighted by molar-refractivity contribution is 5.96. The van der Waals surface area contributed by atoms with E-state index in [1.54, 1.807) is 42.5 Å².